The highest BCUT2D eigenvalue weighted by atomic mass is 16.6. The molecule has 0 amide bonds. The monoisotopic (exact) mass is 378 g/mol. The van der Waals surface area contributed by atoms with Crippen molar-refractivity contribution in [1.82, 2.24) is 4.98 Å². The van der Waals surface area contributed by atoms with E-state index in [2.05, 4.69) is 4.98 Å². The first-order valence-corrected chi connectivity index (χ1v) is 7.20. The normalized spacial score (nSPS) is 11.3. The van der Waals surface area contributed by atoms with Gasteiger partial charge in [0.25, 0.3) is 11.4 Å². The summed E-state index contributed by atoms with van der Waals surface area (Å²) < 4.78 is 0. The molecule has 12 nitrogen and oxygen atoms in total. The molecule has 0 spiro atoms. The molecule has 0 saturated heterocycles. The topological polar surface area (TPSA) is 183 Å². The number of phenols is 1. The predicted octanol–water partition coefficient (Wildman–Crippen LogP) is 2.59. The zero-order valence-corrected chi connectivity index (χ0v) is 13.8. The highest BCUT2D eigenvalue weighted by molar-refractivity contribution is 5.64. The van der Waals surface area contributed by atoms with E-state index in [9.17, 15) is 30.3 Å². The van der Waals surface area contributed by atoms with Gasteiger partial charge in [-0.05, 0) is 24.6 Å². The Morgan fingerprint density at radius 2 is 1.48 bits per heavy atom. The second kappa shape index (κ2) is 9.53. The number of nitro groups is 3. The lowest BCUT2D eigenvalue weighted by Crippen LogP contribution is -1.97. The number of aliphatic hydroxyl groups excluding tert-OH is 1. The number of hydrogen-bond donors (Lipinski definition) is 2. The summed E-state index contributed by atoms with van der Waals surface area (Å²) in [5.41, 5.74) is -1.95. The second-order valence-corrected chi connectivity index (χ2v) is 4.98. The molecule has 1 unspecified atom stereocenters. The third-order valence-corrected chi connectivity index (χ3v) is 2.93. The molecule has 2 aromatic rings. The van der Waals surface area contributed by atoms with Crippen LogP contribution >= 0.6 is 0 Å². The van der Waals surface area contributed by atoms with Crippen molar-refractivity contribution in [2.75, 3.05) is 0 Å². The SMILES string of the molecule is CC(O)/C=C/c1ccncc1.O=[N+]([O-])c1cc([N+](=O)[O-])c(O)c([N+](=O)[O-])c1. The van der Waals surface area contributed by atoms with Gasteiger partial charge in [-0.1, -0.05) is 12.2 Å². The van der Waals surface area contributed by atoms with Gasteiger partial charge in [0.15, 0.2) is 0 Å². The van der Waals surface area contributed by atoms with Crippen molar-refractivity contribution >= 4 is 23.1 Å². The summed E-state index contributed by atoms with van der Waals surface area (Å²) in [5, 5.41) is 49.1. The van der Waals surface area contributed by atoms with Gasteiger partial charge < -0.3 is 10.2 Å². The minimum atomic E-state index is -1.21. The van der Waals surface area contributed by atoms with Crippen LogP contribution in [0.2, 0.25) is 0 Å². The van der Waals surface area contributed by atoms with Gasteiger partial charge in [0.1, 0.15) is 0 Å². The van der Waals surface area contributed by atoms with Gasteiger partial charge in [-0.2, -0.15) is 0 Å². The average Bonchev–Trinajstić information content (AvgIpc) is 2.60. The van der Waals surface area contributed by atoms with E-state index in [1.54, 1.807) is 25.4 Å². The number of benzene rings is 1. The van der Waals surface area contributed by atoms with Gasteiger partial charge in [-0.25, -0.2) is 0 Å². The van der Waals surface area contributed by atoms with Crippen LogP contribution in [0.1, 0.15) is 12.5 Å². The molecule has 0 aliphatic rings. The number of non-ortho nitro benzene ring substituents is 1. The van der Waals surface area contributed by atoms with Crippen LogP contribution < -0.4 is 0 Å². The molecule has 0 radical (unpaired) electrons. The minimum Gasteiger partial charge on any atom is -0.497 e. The maximum Gasteiger partial charge on any atom is 0.324 e. The van der Waals surface area contributed by atoms with Crippen LogP contribution in [0.3, 0.4) is 0 Å². The Morgan fingerprint density at radius 1 is 1.00 bits per heavy atom. The molecule has 1 aromatic heterocycles. The number of pyridine rings is 1. The highest BCUT2D eigenvalue weighted by Gasteiger charge is 2.30. The van der Waals surface area contributed by atoms with E-state index >= 15 is 0 Å². The number of aromatic nitrogens is 1. The number of phenolic OH excluding ortho intramolecular Hbond substituents is 1. The molecule has 142 valence electrons. The second-order valence-electron chi connectivity index (χ2n) is 4.98. The summed E-state index contributed by atoms with van der Waals surface area (Å²) in [7, 11) is 0. The van der Waals surface area contributed by atoms with Crippen LogP contribution in [0.15, 0.2) is 42.7 Å². The number of nitro benzene ring substituents is 3. The van der Waals surface area contributed by atoms with Crippen LogP contribution in [0, 0.1) is 30.3 Å². The summed E-state index contributed by atoms with van der Waals surface area (Å²) >= 11 is 0. The zero-order valence-electron chi connectivity index (χ0n) is 13.8. The lowest BCUT2D eigenvalue weighted by molar-refractivity contribution is -0.404. The predicted molar refractivity (Wildman–Crippen MR) is 93.0 cm³/mol. The van der Waals surface area contributed by atoms with Crippen LogP contribution in [-0.2, 0) is 0 Å². The van der Waals surface area contributed by atoms with Crippen LogP contribution in [0.5, 0.6) is 5.75 Å². The smallest absolute Gasteiger partial charge is 0.324 e. The Hall–Kier alpha value is -3.93. The first-order chi connectivity index (χ1) is 12.6. The van der Waals surface area contributed by atoms with Crippen molar-refractivity contribution < 1.29 is 25.0 Å². The molecule has 2 rings (SSSR count). The number of nitrogens with zero attached hydrogens (tertiary/aromatic N) is 4. The molecule has 27 heavy (non-hydrogen) atoms. The van der Waals surface area contributed by atoms with Crippen molar-refractivity contribution in [1.29, 1.82) is 0 Å². The van der Waals surface area contributed by atoms with E-state index in [0.717, 1.165) is 5.56 Å². The summed E-state index contributed by atoms with van der Waals surface area (Å²) in [6, 6.07) is 4.67. The Balaban J connectivity index is 0.000000289. The van der Waals surface area contributed by atoms with E-state index in [4.69, 9.17) is 10.2 Å². The maximum absolute atomic E-state index is 10.4. The lowest BCUT2D eigenvalue weighted by Gasteiger charge is -1.97. The van der Waals surface area contributed by atoms with Gasteiger partial charge in [-0.15, -0.1) is 0 Å². The zero-order chi connectivity index (χ0) is 20.6. The van der Waals surface area contributed by atoms with Crippen molar-refractivity contribution in [3.63, 3.8) is 0 Å². The molecule has 0 aliphatic heterocycles. The molecule has 2 N–H and O–H groups in total. The molecule has 0 saturated carbocycles. The molecule has 1 atom stereocenters. The average molecular weight is 378 g/mol. The Kier molecular flexibility index (Phi) is 7.45. The summed E-state index contributed by atoms with van der Waals surface area (Å²) in [4.78, 5) is 31.6. The van der Waals surface area contributed by atoms with Gasteiger partial charge in [0.05, 0.1) is 33.0 Å². The Labute approximate surface area is 151 Å². The van der Waals surface area contributed by atoms with Crippen molar-refractivity contribution in [2.24, 2.45) is 0 Å². The molecular formula is C15H14N4O8. The van der Waals surface area contributed by atoms with Crippen molar-refractivity contribution in [3.8, 4) is 5.75 Å². The fourth-order valence-electron chi connectivity index (χ4n) is 1.70. The molecular weight excluding hydrogens is 364 g/mol. The maximum atomic E-state index is 10.4. The van der Waals surface area contributed by atoms with E-state index < -0.39 is 37.6 Å². The summed E-state index contributed by atoms with van der Waals surface area (Å²) in [6.45, 7) is 1.72. The summed E-state index contributed by atoms with van der Waals surface area (Å²) in [5.74, 6) is -1.21. The first-order valence-electron chi connectivity index (χ1n) is 7.20. The van der Waals surface area contributed by atoms with Crippen molar-refractivity contribution in [2.45, 2.75) is 13.0 Å². The number of aliphatic hydroxyl groups is 1. The number of hydrogen-bond acceptors (Lipinski definition) is 9. The van der Waals surface area contributed by atoms with Gasteiger partial charge in [0, 0.05) is 12.4 Å². The van der Waals surface area contributed by atoms with E-state index in [1.807, 2.05) is 18.2 Å². The van der Waals surface area contributed by atoms with Gasteiger partial charge >= 0.3 is 11.4 Å². The van der Waals surface area contributed by atoms with Gasteiger partial charge in [-0.3, -0.25) is 35.3 Å². The number of rotatable bonds is 5. The minimum absolute atomic E-state index is 0.386. The summed E-state index contributed by atoms with van der Waals surface area (Å²) in [6.07, 6.45) is 6.66. The molecule has 12 heteroatoms. The fraction of sp³-hybridized carbons (Fsp3) is 0.133. The molecule has 0 bridgehead atoms. The molecule has 0 aliphatic carbocycles. The van der Waals surface area contributed by atoms with Crippen molar-refractivity contribution in [3.05, 3.63) is 78.6 Å². The standard InChI is InChI=1S/C9H11NO.C6H3N3O7/c1-8(11)2-3-9-4-6-10-7-5-9;10-6-4(8(13)14)1-3(7(11)12)2-5(6)9(15)16/h2-8,11H,1H3;1-2,10H/b3-2+;. The third kappa shape index (κ3) is 6.47. The van der Waals surface area contributed by atoms with Crippen LogP contribution in [-0.4, -0.2) is 36.1 Å². The van der Waals surface area contributed by atoms with Crippen LogP contribution in [0.25, 0.3) is 6.08 Å². The highest BCUT2D eigenvalue weighted by Crippen LogP contribution is 2.38. The molecule has 1 aromatic carbocycles. The molecule has 1 heterocycles. The quantitative estimate of drug-likeness (QED) is 0.583. The van der Waals surface area contributed by atoms with Gasteiger partial charge in [0.2, 0.25) is 0 Å². The lowest BCUT2D eigenvalue weighted by atomic mass is 10.2. The third-order valence-electron chi connectivity index (χ3n) is 2.93. The number of aromatic hydroxyl groups is 1. The van der Waals surface area contributed by atoms with E-state index in [0.29, 0.717) is 12.1 Å². The Bertz CT molecular complexity index is 832. The Morgan fingerprint density at radius 3 is 1.85 bits per heavy atom. The van der Waals surface area contributed by atoms with E-state index in [-0.39, 0.29) is 6.10 Å². The molecule has 0 fully saturated rings. The first kappa shape index (κ1) is 21.1. The fourth-order valence-corrected chi connectivity index (χ4v) is 1.70. The largest absolute Gasteiger partial charge is 0.497 e. The van der Waals surface area contributed by atoms with Crippen LogP contribution in [0.4, 0.5) is 17.1 Å². The van der Waals surface area contributed by atoms with E-state index in [1.165, 1.54) is 0 Å².